The molecule has 0 aliphatic carbocycles. The third kappa shape index (κ3) is 5.22. The van der Waals surface area contributed by atoms with Crippen LogP contribution in [0.2, 0.25) is 0 Å². The van der Waals surface area contributed by atoms with Crippen molar-refractivity contribution in [2.75, 3.05) is 13.7 Å². The first-order chi connectivity index (χ1) is 18.6. The van der Waals surface area contributed by atoms with Gasteiger partial charge in [-0.3, -0.25) is 4.79 Å². The number of imidazole rings is 1. The van der Waals surface area contributed by atoms with E-state index < -0.39 is 36.5 Å². The molecule has 1 fully saturated rings. The lowest BCUT2D eigenvalue weighted by molar-refractivity contribution is -0.134. The Hall–Kier alpha value is -3.89. The fourth-order valence-electron chi connectivity index (χ4n) is 4.69. The van der Waals surface area contributed by atoms with Crippen molar-refractivity contribution in [3.63, 3.8) is 0 Å². The molecular weight excluding hydrogens is 495 g/mol. The maximum absolute atomic E-state index is 13.7. The maximum Gasteiger partial charge on any atom is 0.494 e. The number of aromatic nitrogens is 2. The van der Waals surface area contributed by atoms with Gasteiger partial charge in [-0.05, 0) is 44.3 Å². The SMILES string of the molecule is COC(=O)N[C@@H](C(=O)N1CC=C[C@H]1c1ncc(-c2ccc(B3OC(C)(C)C(C)(C)O3)cc2)[nH]1)c1ccccc1. The summed E-state index contributed by atoms with van der Waals surface area (Å²) in [6.07, 6.45) is 4.94. The Bertz CT molecular complexity index is 1350. The number of methoxy groups -OCH3 is 1. The van der Waals surface area contributed by atoms with Crippen molar-refractivity contribution in [2.45, 2.75) is 51.0 Å². The Balaban J connectivity index is 1.33. The van der Waals surface area contributed by atoms with E-state index in [0.29, 0.717) is 17.9 Å². The summed E-state index contributed by atoms with van der Waals surface area (Å²) in [5, 5.41) is 2.67. The molecule has 2 aromatic carbocycles. The number of ether oxygens (including phenoxy) is 1. The molecule has 2 aliphatic heterocycles. The first-order valence-corrected chi connectivity index (χ1v) is 13.0. The molecule has 39 heavy (non-hydrogen) atoms. The largest absolute Gasteiger partial charge is 0.494 e. The van der Waals surface area contributed by atoms with Gasteiger partial charge in [0, 0.05) is 6.54 Å². The molecule has 2 aliphatic rings. The first kappa shape index (κ1) is 26.7. The topological polar surface area (TPSA) is 106 Å². The molecule has 2 atom stereocenters. The minimum atomic E-state index is -0.891. The average molecular weight is 528 g/mol. The van der Waals surface area contributed by atoms with E-state index in [9.17, 15) is 9.59 Å². The molecule has 202 valence electrons. The van der Waals surface area contributed by atoms with Crippen LogP contribution in [0.3, 0.4) is 0 Å². The van der Waals surface area contributed by atoms with Crippen LogP contribution in [0.1, 0.15) is 51.2 Å². The van der Waals surface area contributed by atoms with Crippen LogP contribution in [-0.2, 0) is 18.8 Å². The molecule has 1 aromatic heterocycles. The van der Waals surface area contributed by atoms with Crippen molar-refractivity contribution in [2.24, 2.45) is 0 Å². The molecule has 2 amide bonds. The number of hydrogen-bond donors (Lipinski definition) is 2. The molecule has 5 rings (SSSR count). The molecule has 0 saturated carbocycles. The van der Waals surface area contributed by atoms with Crippen LogP contribution in [-0.4, -0.2) is 58.8 Å². The van der Waals surface area contributed by atoms with Crippen molar-refractivity contribution in [1.29, 1.82) is 0 Å². The van der Waals surface area contributed by atoms with Gasteiger partial charge in [0.15, 0.2) is 0 Å². The zero-order chi connectivity index (χ0) is 27.8. The highest BCUT2D eigenvalue weighted by molar-refractivity contribution is 6.62. The predicted molar refractivity (Wildman–Crippen MR) is 148 cm³/mol. The number of carbonyl (C=O) groups is 2. The van der Waals surface area contributed by atoms with E-state index in [4.69, 9.17) is 14.0 Å². The second-order valence-corrected chi connectivity index (χ2v) is 10.7. The lowest BCUT2D eigenvalue weighted by Crippen LogP contribution is -2.43. The van der Waals surface area contributed by atoms with E-state index in [1.165, 1.54) is 7.11 Å². The molecule has 1 saturated heterocycles. The Labute approximate surface area is 228 Å². The lowest BCUT2D eigenvalue weighted by atomic mass is 9.79. The predicted octanol–water partition coefficient (Wildman–Crippen LogP) is 3.91. The highest BCUT2D eigenvalue weighted by Crippen LogP contribution is 2.36. The summed E-state index contributed by atoms with van der Waals surface area (Å²) in [5.74, 6) is 0.373. The Morgan fingerprint density at radius 1 is 1.08 bits per heavy atom. The van der Waals surface area contributed by atoms with Gasteiger partial charge in [-0.2, -0.15) is 0 Å². The molecule has 0 bridgehead atoms. The summed E-state index contributed by atoms with van der Waals surface area (Å²) in [6, 6.07) is 15.8. The summed E-state index contributed by atoms with van der Waals surface area (Å²) in [5.41, 5.74) is 2.57. The molecule has 10 heteroatoms. The number of nitrogens with one attached hydrogen (secondary N) is 2. The molecule has 0 radical (unpaired) electrons. The Morgan fingerprint density at radius 2 is 1.74 bits per heavy atom. The van der Waals surface area contributed by atoms with Crippen molar-refractivity contribution in [3.05, 3.63) is 84.3 Å². The number of H-pyrrole nitrogens is 1. The molecule has 0 unspecified atom stereocenters. The second kappa shape index (κ2) is 10.4. The Morgan fingerprint density at radius 3 is 2.38 bits per heavy atom. The fourth-order valence-corrected chi connectivity index (χ4v) is 4.69. The van der Waals surface area contributed by atoms with E-state index in [-0.39, 0.29) is 5.91 Å². The van der Waals surface area contributed by atoms with E-state index in [1.807, 2.05) is 82.3 Å². The number of nitrogens with zero attached hydrogens (tertiary/aromatic N) is 2. The molecular formula is C29H33BN4O5. The van der Waals surface area contributed by atoms with Crippen LogP contribution >= 0.6 is 0 Å². The van der Waals surface area contributed by atoms with E-state index >= 15 is 0 Å². The number of amides is 2. The number of aromatic amines is 1. The van der Waals surface area contributed by atoms with Gasteiger partial charge in [0.05, 0.1) is 30.2 Å². The van der Waals surface area contributed by atoms with Crippen LogP contribution in [0.25, 0.3) is 11.3 Å². The quantitative estimate of drug-likeness (QED) is 0.371. The zero-order valence-corrected chi connectivity index (χ0v) is 22.8. The van der Waals surface area contributed by atoms with Crippen LogP contribution in [0, 0.1) is 0 Å². The lowest BCUT2D eigenvalue weighted by Gasteiger charge is -2.32. The molecule has 9 nitrogen and oxygen atoms in total. The summed E-state index contributed by atoms with van der Waals surface area (Å²) in [4.78, 5) is 35.3. The van der Waals surface area contributed by atoms with Crippen LogP contribution in [0.5, 0.6) is 0 Å². The van der Waals surface area contributed by atoms with E-state index in [2.05, 4.69) is 15.3 Å². The van der Waals surface area contributed by atoms with Crippen molar-refractivity contribution < 1.29 is 23.6 Å². The maximum atomic E-state index is 13.7. The van der Waals surface area contributed by atoms with Gasteiger partial charge in [0.2, 0.25) is 0 Å². The Kier molecular flexibility index (Phi) is 7.09. The second-order valence-electron chi connectivity index (χ2n) is 10.7. The summed E-state index contributed by atoms with van der Waals surface area (Å²) >= 11 is 0. The van der Waals surface area contributed by atoms with Crippen LogP contribution in [0.4, 0.5) is 4.79 Å². The fraction of sp³-hybridized carbons (Fsp3) is 0.345. The third-order valence-electron chi connectivity index (χ3n) is 7.69. The minimum absolute atomic E-state index is 0.258. The number of alkyl carbamates (subject to hydrolysis) is 1. The van der Waals surface area contributed by atoms with Crippen molar-refractivity contribution >= 4 is 24.6 Å². The smallest absolute Gasteiger partial charge is 0.453 e. The third-order valence-corrected chi connectivity index (χ3v) is 7.69. The molecule has 0 spiro atoms. The zero-order valence-electron chi connectivity index (χ0n) is 22.8. The van der Waals surface area contributed by atoms with Gasteiger partial charge < -0.3 is 29.2 Å². The minimum Gasteiger partial charge on any atom is -0.453 e. The molecule has 3 aromatic rings. The van der Waals surface area contributed by atoms with Crippen LogP contribution in [0.15, 0.2) is 72.9 Å². The standard InChI is InChI=1S/C29H33BN4O5/c1-28(2)29(3,4)39-30(38-28)21-15-13-19(14-16-21)22-18-31-25(32-22)23-12-9-17-34(23)26(35)24(33-27(36)37-5)20-10-7-6-8-11-20/h6-16,18,23-24H,17H2,1-5H3,(H,31,32)(H,33,36)/t23-,24+/m0/s1. The van der Waals surface area contributed by atoms with Crippen molar-refractivity contribution in [1.82, 2.24) is 20.2 Å². The summed E-state index contributed by atoms with van der Waals surface area (Å²) in [6.45, 7) is 8.53. The number of carbonyl (C=O) groups excluding carboxylic acids is 2. The number of rotatable bonds is 6. The molecule has 3 heterocycles. The van der Waals surface area contributed by atoms with E-state index in [0.717, 1.165) is 16.7 Å². The van der Waals surface area contributed by atoms with Crippen molar-refractivity contribution in [3.8, 4) is 11.3 Å². The number of hydrogen-bond acceptors (Lipinski definition) is 6. The summed E-state index contributed by atoms with van der Waals surface area (Å²) < 4.78 is 17.1. The normalized spacial score (nSPS) is 20.2. The van der Waals surface area contributed by atoms with Gasteiger partial charge in [-0.1, -0.05) is 66.7 Å². The van der Waals surface area contributed by atoms with Gasteiger partial charge in [0.1, 0.15) is 17.9 Å². The average Bonchev–Trinajstić information content (AvgIpc) is 3.65. The molecule has 2 N–H and O–H groups in total. The van der Waals surface area contributed by atoms with E-state index in [1.54, 1.807) is 23.2 Å². The van der Waals surface area contributed by atoms with Gasteiger partial charge in [-0.25, -0.2) is 9.78 Å². The monoisotopic (exact) mass is 528 g/mol. The first-order valence-electron chi connectivity index (χ1n) is 13.0. The van der Waals surface area contributed by atoms with Gasteiger partial charge in [-0.15, -0.1) is 0 Å². The highest BCUT2D eigenvalue weighted by Gasteiger charge is 2.51. The van der Waals surface area contributed by atoms with Gasteiger partial charge >= 0.3 is 13.2 Å². The number of benzene rings is 2. The van der Waals surface area contributed by atoms with Crippen LogP contribution < -0.4 is 10.8 Å². The summed E-state index contributed by atoms with van der Waals surface area (Å²) in [7, 11) is 0.842. The highest BCUT2D eigenvalue weighted by atomic mass is 16.7. The van der Waals surface area contributed by atoms with Gasteiger partial charge in [0.25, 0.3) is 5.91 Å².